The van der Waals surface area contributed by atoms with Gasteiger partial charge in [-0.15, -0.1) is 0 Å². The van der Waals surface area contributed by atoms with Crippen LogP contribution in [-0.4, -0.2) is 23.8 Å². The van der Waals surface area contributed by atoms with Crippen LogP contribution >= 0.6 is 15.9 Å². The molecule has 158 valence electrons. The molecule has 0 spiro atoms. The zero-order chi connectivity index (χ0) is 22.0. The molecule has 31 heavy (non-hydrogen) atoms. The fourth-order valence-electron chi connectivity index (χ4n) is 3.98. The molecule has 0 radical (unpaired) electrons. The molecule has 5 nitrogen and oxygen atoms in total. The Balaban J connectivity index is 1.50. The van der Waals surface area contributed by atoms with Crippen molar-refractivity contribution in [1.82, 2.24) is 5.32 Å². The number of carboxylic acids is 1. The normalized spacial score (nSPS) is 13.2. The molecule has 1 aliphatic carbocycles. The second-order valence-electron chi connectivity index (χ2n) is 7.29. The van der Waals surface area contributed by atoms with E-state index in [2.05, 4.69) is 21.2 Å². The summed E-state index contributed by atoms with van der Waals surface area (Å²) in [6.45, 7) is 0.101. The van der Waals surface area contributed by atoms with E-state index < -0.39 is 30.3 Å². The fourth-order valence-corrected chi connectivity index (χ4v) is 4.50. The van der Waals surface area contributed by atoms with Crippen molar-refractivity contribution in [3.05, 3.63) is 93.7 Å². The minimum atomic E-state index is -1.12. The largest absolute Gasteiger partial charge is 0.481 e. The molecule has 1 atom stereocenters. The van der Waals surface area contributed by atoms with Crippen molar-refractivity contribution in [2.45, 2.75) is 18.4 Å². The van der Waals surface area contributed by atoms with E-state index in [1.54, 1.807) is 0 Å². The van der Waals surface area contributed by atoms with Crippen molar-refractivity contribution in [2.75, 3.05) is 6.61 Å². The zero-order valence-corrected chi connectivity index (χ0v) is 17.9. The first-order valence-corrected chi connectivity index (χ1v) is 10.5. The monoisotopic (exact) mass is 483 g/mol. The van der Waals surface area contributed by atoms with Gasteiger partial charge in [0.15, 0.2) is 0 Å². The highest BCUT2D eigenvalue weighted by Crippen LogP contribution is 2.44. The van der Waals surface area contributed by atoms with Crippen LogP contribution in [0.4, 0.5) is 9.18 Å². The van der Waals surface area contributed by atoms with Crippen molar-refractivity contribution in [3.8, 4) is 11.1 Å². The quantitative estimate of drug-likeness (QED) is 0.475. The third-order valence-electron chi connectivity index (χ3n) is 5.35. The first kappa shape index (κ1) is 21.1. The molecule has 0 unspecified atom stereocenters. The minimum Gasteiger partial charge on any atom is -0.481 e. The molecular formula is C24H19BrFNO4. The fraction of sp³-hybridized carbons (Fsp3) is 0.167. The van der Waals surface area contributed by atoms with Crippen molar-refractivity contribution in [1.29, 1.82) is 0 Å². The maximum Gasteiger partial charge on any atom is 0.407 e. The summed E-state index contributed by atoms with van der Waals surface area (Å²) in [4.78, 5) is 23.9. The summed E-state index contributed by atoms with van der Waals surface area (Å²) >= 11 is 3.29. The van der Waals surface area contributed by atoms with Gasteiger partial charge in [-0.2, -0.15) is 0 Å². The standard InChI is InChI=1S/C24H19BrFNO4/c25-21-10-9-14(26)11-19(21)22(12-23(28)29)27-24(30)31-13-20-17-7-3-1-5-15(17)16-6-2-4-8-18(16)20/h1-11,20,22H,12-13H2,(H,27,30)(H,28,29)/t22-/m1/s1. The van der Waals surface area contributed by atoms with Crippen LogP contribution in [0.2, 0.25) is 0 Å². The molecular weight excluding hydrogens is 465 g/mol. The molecule has 0 saturated carbocycles. The van der Waals surface area contributed by atoms with E-state index in [9.17, 15) is 19.1 Å². The van der Waals surface area contributed by atoms with Gasteiger partial charge in [0.1, 0.15) is 12.4 Å². The second-order valence-corrected chi connectivity index (χ2v) is 8.14. The Morgan fingerprint density at radius 3 is 2.26 bits per heavy atom. The van der Waals surface area contributed by atoms with Gasteiger partial charge in [-0.05, 0) is 46.0 Å². The number of fused-ring (bicyclic) bond motifs is 3. The number of hydrogen-bond acceptors (Lipinski definition) is 3. The lowest BCUT2D eigenvalue weighted by atomic mass is 9.98. The highest BCUT2D eigenvalue weighted by atomic mass is 79.9. The molecule has 3 aromatic carbocycles. The van der Waals surface area contributed by atoms with E-state index in [-0.39, 0.29) is 12.5 Å². The van der Waals surface area contributed by atoms with E-state index in [1.807, 2.05) is 48.5 Å². The second kappa shape index (κ2) is 8.89. The third-order valence-corrected chi connectivity index (χ3v) is 6.07. The molecule has 7 heteroatoms. The number of amides is 1. The molecule has 1 amide bonds. The van der Waals surface area contributed by atoms with E-state index in [0.29, 0.717) is 10.0 Å². The number of carbonyl (C=O) groups excluding carboxylic acids is 1. The van der Waals surface area contributed by atoms with Crippen molar-refractivity contribution in [2.24, 2.45) is 0 Å². The average Bonchev–Trinajstić information content (AvgIpc) is 3.07. The van der Waals surface area contributed by atoms with Crippen molar-refractivity contribution >= 4 is 28.0 Å². The Morgan fingerprint density at radius 1 is 1.03 bits per heavy atom. The maximum atomic E-state index is 13.7. The average molecular weight is 484 g/mol. The van der Waals surface area contributed by atoms with Crippen molar-refractivity contribution < 1.29 is 23.8 Å². The topological polar surface area (TPSA) is 75.6 Å². The zero-order valence-electron chi connectivity index (χ0n) is 16.3. The van der Waals surface area contributed by atoms with Gasteiger partial charge in [0.25, 0.3) is 0 Å². The summed E-state index contributed by atoms with van der Waals surface area (Å²) in [5.74, 6) is -1.76. The number of aliphatic carboxylic acids is 1. The number of carbonyl (C=O) groups is 2. The van der Waals surface area contributed by atoms with Gasteiger partial charge in [0.2, 0.25) is 0 Å². The molecule has 0 aliphatic heterocycles. The predicted molar refractivity (Wildman–Crippen MR) is 117 cm³/mol. The van der Waals surface area contributed by atoms with Crippen LogP contribution in [0.3, 0.4) is 0 Å². The van der Waals surface area contributed by atoms with E-state index in [1.165, 1.54) is 18.2 Å². The third kappa shape index (κ3) is 4.46. The van der Waals surface area contributed by atoms with Gasteiger partial charge in [0.05, 0.1) is 12.5 Å². The molecule has 0 saturated heterocycles. The summed E-state index contributed by atoms with van der Waals surface area (Å²) in [6.07, 6.45) is -1.17. The maximum absolute atomic E-state index is 13.7. The Hall–Kier alpha value is -3.19. The first-order valence-electron chi connectivity index (χ1n) is 9.72. The number of halogens is 2. The van der Waals surface area contributed by atoms with E-state index >= 15 is 0 Å². The van der Waals surface area contributed by atoms with Crippen LogP contribution in [0.15, 0.2) is 71.2 Å². The molecule has 1 aliphatic rings. The molecule has 3 aromatic rings. The molecule has 0 fully saturated rings. The Kier molecular flexibility index (Phi) is 6.04. The number of alkyl carbamates (subject to hydrolysis) is 1. The number of benzene rings is 3. The summed E-state index contributed by atoms with van der Waals surface area (Å²) in [5, 5.41) is 11.8. The Bertz CT molecular complexity index is 1100. The van der Waals surface area contributed by atoms with Crippen LogP contribution in [0.1, 0.15) is 35.1 Å². The van der Waals surface area contributed by atoms with Crippen molar-refractivity contribution in [3.63, 3.8) is 0 Å². The molecule has 0 heterocycles. The molecule has 2 N–H and O–H groups in total. The van der Waals surface area contributed by atoms with Gasteiger partial charge < -0.3 is 15.2 Å². The van der Waals surface area contributed by atoms with E-state index in [4.69, 9.17) is 4.74 Å². The van der Waals surface area contributed by atoms with Gasteiger partial charge in [-0.1, -0.05) is 64.5 Å². The number of nitrogens with one attached hydrogen (secondary N) is 1. The lowest BCUT2D eigenvalue weighted by Gasteiger charge is -2.20. The minimum absolute atomic E-state index is 0.101. The Morgan fingerprint density at radius 2 is 1.65 bits per heavy atom. The lowest BCUT2D eigenvalue weighted by Crippen LogP contribution is -2.32. The van der Waals surface area contributed by atoms with Crippen LogP contribution in [0.5, 0.6) is 0 Å². The first-order chi connectivity index (χ1) is 14.9. The number of carboxylic acid groups (broad SMARTS) is 1. The van der Waals surface area contributed by atoms with Crippen LogP contribution in [0, 0.1) is 5.82 Å². The molecule has 0 bridgehead atoms. The highest BCUT2D eigenvalue weighted by Gasteiger charge is 2.29. The Labute approximate surface area is 187 Å². The van der Waals surface area contributed by atoms with Crippen LogP contribution < -0.4 is 5.32 Å². The van der Waals surface area contributed by atoms with Gasteiger partial charge >= 0.3 is 12.1 Å². The smallest absolute Gasteiger partial charge is 0.407 e. The number of ether oxygens (including phenoxy) is 1. The van der Waals surface area contributed by atoms with E-state index in [0.717, 1.165) is 22.3 Å². The summed E-state index contributed by atoms with van der Waals surface area (Å²) in [6, 6.07) is 18.9. The van der Waals surface area contributed by atoms with Crippen LogP contribution in [0.25, 0.3) is 11.1 Å². The summed E-state index contributed by atoms with van der Waals surface area (Å²) in [5.41, 5.74) is 4.70. The number of hydrogen-bond donors (Lipinski definition) is 2. The SMILES string of the molecule is O=C(O)C[C@@H](NC(=O)OCC1c2ccccc2-c2ccccc21)c1cc(F)ccc1Br. The molecule has 0 aromatic heterocycles. The summed E-state index contributed by atoms with van der Waals surface area (Å²) < 4.78 is 19.7. The van der Waals surface area contributed by atoms with Gasteiger partial charge in [-0.25, -0.2) is 9.18 Å². The predicted octanol–water partition coefficient (Wildman–Crippen LogP) is 5.64. The summed E-state index contributed by atoms with van der Waals surface area (Å²) in [7, 11) is 0. The lowest BCUT2D eigenvalue weighted by molar-refractivity contribution is -0.137. The molecule has 4 rings (SSSR count). The number of rotatable bonds is 6. The van der Waals surface area contributed by atoms with Crippen LogP contribution in [-0.2, 0) is 9.53 Å². The highest BCUT2D eigenvalue weighted by molar-refractivity contribution is 9.10. The van der Waals surface area contributed by atoms with Gasteiger partial charge in [0, 0.05) is 10.4 Å². The van der Waals surface area contributed by atoms with Gasteiger partial charge in [-0.3, -0.25) is 4.79 Å².